The van der Waals surface area contributed by atoms with Crippen LogP contribution in [0.1, 0.15) is 24.2 Å². The minimum Gasteiger partial charge on any atom is -0.497 e. The van der Waals surface area contributed by atoms with E-state index in [1.807, 2.05) is 19.1 Å². The number of piperidine rings is 1. The van der Waals surface area contributed by atoms with Gasteiger partial charge in [0, 0.05) is 37.5 Å². The number of nitrogens with zero attached hydrogens (tertiary/aromatic N) is 2. The van der Waals surface area contributed by atoms with Gasteiger partial charge in [0.25, 0.3) is 0 Å². The second kappa shape index (κ2) is 6.94. The molecular weight excluding hydrogens is 302 g/mol. The van der Waals surface area contributed by atoms with Crippen molar-refractivity contribution >= 4 is 29.0 Å². The van der Waals surface area contributed by atoms with Crippen molar-refractivity contribution in [3.8, 4) is 5.75 Å². The van der Waals surface area contributed by atoms with Crippen LogP contribution in [0.15, 0.2) is 12.1 Å². The number of thioether (sulfide) groups is 1. The zero-order chi connectivity index (χ0) is 15.5. The largest absolute Gasteiger partial charge is 0.497 e. The molecule has 1 saturated heterocycles. The summed E-state index contributed by atoms with van der Waals surface area (Å²) in [7, 11) is 1.69. The summed E-state index contributed by atoms with van der Waals surface area (Å²) in [5, 5.41) is 0. The van der Waals surface area contributed by atoms with Crippen LogP contribution in [0.4, 0.5) is 0 Å². The molecule has 1 aromatic heterocycles. The molecule has 21 heavy (non-hydrogen) atoms. The maximum Gasteiger partial charge on any atom is 0.122 e. The van der Waals surface area contributed by atoms with E-state index in [0.717, 1.165) is 49.6 Å². The zero-order valence-corrected chi connectivity index (χ0v) is 14.5. The number of thiocarbonyl (C=S) groups is 1. The molecule has 0 aromatic carbocycles. The van der Waals surface area contributed by atoms with Crippen LogP contribution in [-0.2, 0) is 6.54 Å². The lowest BCUT2D eigenvalue weighted by atomic mass is 9.95. The molecule has 1 aliphatic heterocycles. The summed E-state index contributed by atoms with van der Waals surface area (Å²) in [5.41, 5.74) is 7.97. The fourth-order valence-corrected chi connectivity index (χ4v) is 4.00. The van der Waals surface area contributed by atoms with Gasteiger partial charge in [-0.1, -0.05) is 12.2 Å². The first-order valence-corrected chi connectivity index (χ1v) is 8.71. The Hall–Kier alpha value is -0.850. The molecule has 1 fully saturated rings. The van der Waals surface area contributed by atoms with Crippen molar-refractivity contribution in [1.82, 2.24) is 9.88 Å². The summed E-state index contributed by atoms with van der Waals surface area (Å²) < 4.78 is 5.29. The zero-order valence-electron chi connectivity index (χ0n) is 12.9. The van der Waals surface area contributed by atoms with Gasteiger partial charge >= 0.3 is 0 Å². The maximum atomic E-state index is 5.93. The highest BCUT2D eigenvalue weighted by molar-refractivity contribution is 8.02. The van der Waals surface area contributed by atoms with Crippen molar-refractivity contribution in [2.24, 2.45) is 5.73 Å². The van der Waals surface area contributed by atoms with Crippen molar-refractivity contribution in [1.29, 1.82) is 0 Å². The van der Waals surface area contributed by atoms with Gasteiger partial charge in [0.05, 0.1) is 22.5 Å². The molecule has 1 aliphatic rings. The van der Waals surface area contributed by atoms with Crippen LogP contribution in [0, 0.1) is 6.92 Å². The number of aryl methyl sites for hydroxylation is 1. The molecule has 6 heteroatoms. The second-order valence-electron chi connectivity index (χ2n) is 5.48. The van der Waals surface area contributed by atoms with E-state index < -0.39 is 0 Å². The van der Waals surface area contributed by atoms with Gasteiger partial charge in [-0.05, 0) is 26.0 Å². The van der Waals surface area contributed by atoms with Gasteiger partial charge in [-0.25, -0.2) is 0 Å². The molecule has 0 unspecified atom stereocenters. The van der Waals surface area contributed by atoms with Gasteiger partial charge < -0.3 is 10.5 Å². The maximum absolute atomic E-state index is 5.93. The lowest BCUT2D eigenvalue weighted by molar-refractivity contribution is 0.210. The number of nitrogens with two attached hydrogens (primary N) is 1. The second-order valence-corrected chi connectivity index (χ2v) is 7.11. The molecule has 2 N–H and O–H groups in total. The number of hydrogen-bond acceptors (Lipinski definition) is 5. The van der Waals surface area contributed by atoms with Crippen LogP contribution in [0.25, 0.3) is 0 Å². The first kappa shape index (κ1) is 16.5. The molecule has 4 nitrogen and oxygen atoms in total. The molecule has 2 heterocycles. The highest BCUT2D eigenvalue weighted by Gasteiger charge is 2.36. The van der Waals surface area contributed by atoms with Crippen LogP contribution < -0.4 is 10.5 Å². The van der Waals surface area contributed by atoms with Crippen LogP contribution >= 0.6 is 24.0 Å². The van der Waals surface area contributed by atoms with Crippen molar-refractivity contribution in [3.05, 3.63) is 23.5 Å². The highest BCUT2D eigenvalue weighted by Crippen LogP contribution is 2.35. The average Bonchev–Trinajstić information content (AvgIpc) is 2.47. The standard InChI is InChI=1S/C15H23N3OS2/c1-11-8-13(19-2)9-12(17-11)10-18-6-4-15(21-3,5-7-18)14(16)20/h8-9H,4-7,10H2,1-3H3,(H2,16,20). The molecular formula is C15H23N3OS2. The predicted molar refractivity (Wildman–Crippen MR) is 93.1 cm³/mol. The van der Waals surface area contributed by atoms with Crippen molar-refractivity contribution in [2.45, 2.75) is 31.1 Å². The summed E-state index contributed by atoms with van der Waals surface area (Å²) >= 11 is 7.04. The first-order chi connectivity index (χ1) is 9.99. The molecule has 0 spiro atoms. The topological polar surface area (TPSA) is 51.4 Å². The number of pyridine rings is 1. The van der Waals surface area contributed by atoms with Crippen molar-refractivity contribution in [2.75, 3.05) is 26.5 Å². The fraction of sp³-hybridized carbons (Fsp3) is 0.600. The molecule has 0 radical (unpaired) electrons. The molecule has 0 atom stereocenters. The number of likely N-dealkylation sites (tertiary alicyclic amines) is 1. The van der Waals surface area contributed by atoms with Crippen molar-refractivity contribution in [3.63, 3.8) is 0 Å². The Bertz CT molecular complexity index is 514. The third-order valence-corrected chi connectivity index (χ3v) is 6.03. The van der Waals surface area contributed by atoms with Crippen LogP contribution in [0.2, 0.25) is 0 Å². The molecule has 0 amide bonds. The smallest absolute Gasteiger partial charge is 0.122 e. The molecule has 1 aromatic rings. The monoisotopic (exact) mass is 325 g/mol. The molecule has 0 saturated carbocycles. The summed E-state index contributed by atoms with van der Waals surface area (Å²) in [6, 6.07) is 3.96. The normalized spacial score (nSPS) is 18.4. The highest BCUT2D eigenvalue weighted by atomic mass is 32.2. The van der Waals surface area contributed by atoms with Gasteiger partial charge in [-0.2, -0.15) is 11.8 Å². The van der Waals surface area contributed by atoms with E-state index in [1.54, 1.807) is 18.9 Å². The number of ether oxygens (including phenoxy) is 1. The number of rotatable bonds is 5. The summed E-state index contributed by atoms with van der Waals surface area (Å²) in [6.45, 7) is 4.83. The Morgan fingerprint density at radius 1 is 1.48 bits per heavy atom. The SMILES string of the molecule is COc1cc(C)nc(CN2CCC(SC)(C(N)=S)CC2)c1. The number of hydrogen-bond donors (Lipinski definition) is 1. The van der Waals surface area contributed by atoms with Crippen LogP contribution in [0.5, 0.6) is 5.75 Å². The van der Waals surface area contributed by atoms with E-state index in [1.165, 1.54) is 0 Å². The molecule has 0 bridgehead atoms. The van der Waals surface area contributed by atoms with E-state index in [2.05, 4.69) is 16.1 Å². The minimum atomic E-state index is -0.0242. The number of aromatic nitrogens is 1. The van der Waals surface area contributed by atoms with E-state index in [0.29, 0.717) is 4.99 Å². The molecule has 116 valence electrons. The van der Waals surface area contributed by atoms with Crippen LogP contribution in [0.3, 0.4) is 0 Å². The summed E-state index contributed by atoms with van der Waals surface area (Å²) in [5.74, 6) is 0.871. The fourth-order valence-electron chi connectivity index (χ4n) is 2.75. The summed E-state index contributed by atoms with van der Waals surface area (Å²) in [6.07, 6.45) is 4.11. The minimum absolute atomic E-state index is 0.0242. The average molecular weight is 326 g/mol. The van der Waals surface area contributed by atoms with E-state index >= 15 is 0 Å². The van der Waals surface area contributed by atoms with Gasteiger partial charge in [0.1, 0.15) is 5.75 Å². The quantitative estimate of drug-likeness (QED) is 0.839. The van der Waals surface area contributed by atoms with Gasteiger partial charge in [0.2, 0.25) is 0 Å². The third kappa shape index (κ3) is 3.87. The molecule has 0 aliphatic carbocycles. The van der Waals surface area contributed by atoms with Gasteiger partial charge in [-0.3, -0.25) is 9.88 Å². The third-order valence-electron chi connectivity index (χ3n) is 4.10. The first-order valence-electron chi connectivity index (χ1n) is 7.08. The van der Waals surface area contributed by atoms with Gasteiger partial charge in [-0.15, -0.1) is 0 Å². The predicted octanol–water partition coefficient (Wildman–Crippen LogP) is 2.38. The lowest BCUT2D eigenvalue weighted by Gasteiger charge is -2.40. The molecule has 2 rings (SSSR count). The van der Waals surface area contributed by atoms with E-state index in [9.17, 15) is 0 Å². The summed E-state index contributed by atoms with van der Waals surface area (Å²) in [4.78, 5) is 7.64. The van der Waals surface area contributed by atoms with Crippen molar-refractivity contribution < 1.29 is 4.74 Å². The lowest BCUT2D eigenvalue weighted by Crippen LogP contribution is -2.49. The van der Waals surface area contributed by atoms with E-state index in [4.69, 9.17) is 22.7 Å². The Labute approximate surface area is 136 Å². The van der Waals surface area contributed by atoms with Crippen LogP contribution in [-0.4, -0.2) is 46.1 Å². The Kier molecular flexibility index (Phi) is 5.46. The Morgan fingerprint density at radius 3 is 2.67 bits per heavy atom. The van der Waals surface area contributed by atoms with E-state index in [-0.39, 0.29) is 4.75 Å². The number of methoxy groups -OCH3 is 1. The Balaban J connectivity index is 2.00. The van der Waals surface area contributed by atoms with Gasteiger partial charge in [0.15, 0.2) is 0 Å². The Morgan fingerprint density at radius 2 is 2.14 bits per heavy atom.